The molecule has 116 valence electrons. The van der Waals surface area contributed by atoms with Crippen molar-refractivity contribution in [1.82, 2.24) is 14.3 Å². The molecule has 1 aliphatic carbocycles. The van der Waals surface area contributed by atoms with Gasteiger partial charge in [-0.05, 0) is 36.6 Å². The van der Waals surface area contributed by atoms with E-state index in [1.54, 1.807) is 4.57 Å². The Morgan fingerprint density at radius 2 is 1.74 bits per heavy atom. The highest BCUT2D eigenvalue weighted by molar-refractivity contribution is 6.31. The maximum atomic E-state index is 12.9. The van der Waals surface area contributed by atoms with Gasteiger partial charge in [-0.1, -0.05) is 48.0 Å². The van der Waals surface area contributed by atoms with Crippen molar-refractivity contribution in [1.29, 1.82) is 0 Å². The third-order valence-electron chi connectivity index (χ3n) is 4.10. The van der Waals surface area contributed by atoms with Crippen molar-refractivity contribution in [3.8, 4) is 5.69 Å². The first-order chi connectivity index (χ1) is 11.2. The molecule has 1 saturated carbocycles. The standard InChI is InChI=1S/C18H16ClN3O/c19-16-9-5-4-6-14(16)12-21-18(23)22(15-7-2-1-3-8-15)17(20-21)13-10-11-13/h1-9,13H,10-12H2. The van der Waals surface area contributed by atoms with E-state index in [0.717, 1.165) is 29.9 Å². The maximum Gasteiger partial charge on any atom is 0.350 e. The summed E-state index contributed by atoms with van der Waals surface area (Å²) in [4.78, 5) is 12.9. The van der Waals surface area contributed by atoms with Gasteiger partial charge >= 0.3 is 5.69 Å². The van der Waals surface area contributed by atoms with Crippen LogP contribution in [0.4, 0.5) is 0 Å². The molecule has 5 heteroatoms. The molecule has 23 heavy (non-hydrogen) atoms. The largest absolute Gasteiger partial charge is 0.350 e. The van der Waals surface area contributed by atoms with Crippen molar-refractivity contribution >= 4 is 11.6 Å². The molecule has 0 amide bonds. The van der Waals surface area contributed by atoms with Gasteiger partial charge in [-0.15, -0.1) is 0 Å². The third-order valence-corrected chi connectivity index (χ3v) is 4.47. The second-order valence-corrected chi connectivity index (χ2v) is 6.24. The van der Waals surface area contributed by atoms with Gasteiger partial charge in [-0.3, -0.25) is 0 Å². The van der Waals surface area contributed by atoms with Crippen molar-refractivity contribution in [2.75, 3.05) is 0 Å². The molecule has 0 saturated heterocycles. The number of rotatable bonds is 4. The zero-order valence-electron chi connectivity index (χ0n) is 12.5. The van der Waals surface area contributed by atoms with Crippen molar-refractivity contribution in [2.24, 2.45) is 0 Å². The number of halogens is 1. The SMILES string of the molecule is O=c1n(Cc2ccccc2Cl)nc(C2CC2)n1-c1ccccc1. The molecule has 1 aromatic heterocycles. The Morgan fingerprint density at radius 1 is 1.04 bits per heavy atom. The van der Waals surface area contributed by atoms with E-state index in [2.05, 4.69) is 5.10 Å². The van der Waals surface area contributed by atoms with Crippen LogP contribution < -0.4 is 5.69 Å². The van der Waals surface area contributed by atoms with Gasteiger partial charge < -0.3 is 0 Å². The number of hydrogen-bond donors (Lipinski definition) is 0. The maximum absolute atomic E-state index is 12.9. The molecule has 1 aliphatic rings. The normalized spacial score (nSPS) is 14.1. The van der Waals surface area contributed by atoms with Crippen LogP contribution in [0, 0.1) is 0 Å². The first-order valence-corrected chi connectivity index (χ1v) is 8.10. The summed E-state index contributed by atoms with van der Waals surface area (Å²) in [6.45, 7) is 0.387. The molecule has 0 unspecified atom stereocenters. The lowest BCUT2D eigenvalue weighted by Crippen LogP contribution is -2.24. The molecule has 4 rings (SSSR count). The average Bonchev–Trinajstić information content (AvgIpc) is 3.36. The zero-order chi connectivity index (χ0) is 15.8. The number of nitrogens with zero attached hydrogens (tertiary/aromatic N) is 3. The van der Waals surface area contributed by atoms with Crippen molar-refractivity contribution < 1.29 is 0 Å². The second-order valence-electron chi connectivity index (χ2n) is 5.84. The topological polar surface area (TPSA) is 39.8 Å². The Balaban J connectivity index is 1.80. The lowest BCUT2D eigenvalue weighted by atomic mass is 10.2. The summed E-state index contributed by atoms with van der Waals surface area (Å²) >= 11 is 6.22. The van der Waals surface area contributed by atoms with E-state index in [1.807, 2.05) is 54.6 Å². The second kappa shape index (κ2) is 5.70. The Bertz CT molecular complexity index is 894. The van der Waals surface area contributed by atoms with Crippen LogP contribution in [0.5, 0.6) is 0 Å². The highest BCUT2D eigenvalue weighted by Gasteiger charge is 2.31. The van der Waals surface area contributed by atoms with Gasteiger partial charge in [0.25, 0.3) is 0 Å². The van der Waals surface area contributed by atoms with Crippen LogP contribution in [0.3, 0.4) is 0 Å². The fourth-order valence-corrected chi connectivity index (χ4v) is 2.94. The molecule has 0 radical (unpaired) electrons. The van der Waals surface area contributed by atoms with E-state index in [-0.39, 0.29) is 5.69 Å². The predicted octanol–water partition coefficient (Wildman–Crippen LogP) is 3.61. The van der Waals surface area contributed by atoms with Gasteiger partial charge in [0.2, 0.25) is 0 Å². The lowest BCUT2D eigenvalue weighted by molar-refractivity contribution is 0.648. The molecular formula is C18H16ClN3O. The molecule has 2 aromatic carbocycles. The van der Waals surface area contributed by atoms with Gasteiger partial charge in [0.1, 0.15) is 5.82 Å². The Kier molecular flexibility index (Phi) is 3.54. The highest BCUT2D eigenvalue weighted by Crippen LogP contribution is 2.39. The lowest BCUT2D eigenvalue weighted by Gasteiger charge is -2.04. The van der Waals surface area contributed by atoms with Crippen molar-refractivity contribution in [2.45, 2.75) is 25.3 Å². The van der Waals surface area contributed by atoms with E-state index < -0.39 is 0 Å². The van der Waals surface area contributed by atoms with E-state index in [9.17, 15) is 4.79 Å². The fraction of sp³-hybridized carbons (Fsp3) is 0.222. The number of aromatic nitrogens is 3. The van der Waals surface area contributed by atoms with Crippen molar-refractivity contribution in [3.63, 3.8) is 0 Å². The van der Waals surface area contributed by atoms with Crippen LogP contribution in [0.1, 0.15) is 30.1 Å². The smallest absolute Gasteiger partial charge is 0.247 e. The summed E-state index contributed by atoms with van der Waals surface area (Å²) in [5.41, 5.74) is 1.65. The van der Waals surface area contributed by atoms with Crippen LogP contribution in [-0.2, 0) is 6.54 Å². The van der Waals surface area contributed by atoms with E-state index >= 15 is 0 Å². The Hall–Kier alpha value is -2.33. The van der Waals surface area contributed by atoms with Crippen LogP contribution in [0.15, 0.2) is 59.4 Å². The fourth-order valence-electron chi connectivity index (χ4n) is 2.74. The molecule has 0 atom stereocenters. The van der Waals surface area contributed by atoms with Crippen LogP contribution >= 0.6 is 11.6 Å². The van der Waals surface area contributed by atoms with E-state index in [0.29, 0.717) is 17.5 Å². The molecule has 3 aromatic rings. The Labute approximate surface area is 139 Å². The molecular weight excluding hydrogens is 310 g/mol. The number of hydrogen-bond acceptors (Lipinski definition) is 2. The minimum atomic E-state index is -0.113. The first-order valence-electron chi connectivity index (χ1n) is 7.72. The van der Waals surface area contributed by atoms with Crippen LogP contribution in [-0.4, -0.2) is 14.3 Å². The van der Waals surface area contributed by atoms with E-state index in [1.165, 1.54) is 4.68 Å². The van der Waals surface area contributed by atoms with Crippen LogP contribution in [0.25, 0.3) is 5.69 Å². The molecule has 0 aliphatic heterocycles. The van der Waals surface area contributed by atoms with Gasteiger partial charge in [0, 0.05) is 10.9 Å². The summed E-state index contributed by atoms with van der Waals surface area (Å²) in [6, 6.07) is 17.2. The van der Waals surface area contributed by atoms with Gasteiger partial charge in [0.05, 0.1) is 12.2 Å². The predicted molar refractivity (Wildman–Crippen MR) is 90.4 cm³/mol. The van der Waals surface area contributed by atoms with Crippen LogP contribution in [0.2, 0.25) is 5.02 Å². The quantitative estimate of drug-likeness (QED) is 0.735. The molecule has 0 bridgehead atoms. The average molecular weight is 326 g/mol. The summed E-state index contributed by atoms with van der Waals surface area (Å²) in [5, 5.41) is 5.25. The molecule has 1 fully saturated rings. The summed E-state index contributed by atoms with van der Waals surface area (Å²) < 4.78 is 3.25. The number of para-hydroxylation sites is 1. The van der Waals surface area contributed by atoms with Crippen molar-refractivity contribution in [3.05, 3.63) is 81.5 Å². The third kappa shape index (κ3) is 2.70. The van der Waals surface area contributed by atoms with Gasteiger partial charge in [-0.25, -0.2) is 14.0 Å². The molecule has 0 N–H and O–H groups in total. The summed E-state index contributed by atoms with van der Waals surface area (Å²) in [5.74, 6) is 1.24. The van der Waals surface area contributed by atoms with E-state index in [4.69, 9.17) is 11.6 Å². The molecule has 4 nitrogen and oxygen atoms in total. The molecule has 0 spiro atoms. The van der Waals surface area contributed by atoms with Gasteiger partial charge in [-0.2, -0.15) is 5.10 Å². The zero-order valence-corrected chi connectivity index (χ0v) is 13.3. The minimum Gasteiger partial charge on any atom is -0.247 e. The summed E-state index contributed by atoms with van der Waals surface area (Å²) in [6.07, 6.45) is 2.19. The first kappa shape index (κ1) is 14.3. The monoisotopic (exact) mass is 325 g/mol. The molecule has 1 heterocycles. The number of benzene rings is 2. The van der Waals surface area contributed by atoms with Gasteiger partial charge in [0.15, 0.2) is 0 Å². The Morgan fingerprint density at radius 3 is 2.43 bits per heavy atom. The summed E-state index contributed by atoms with van der Waals surface area (Å²) in [7, 11) is 0. The minimum absolute atomic E-state index is 0.113. The highest BCUT2D eigenvalue weighted by atomic mass is 35.5.